The van der Waals surface area contributed by atoms with Gasteiger partial charge in [-0.1, -0.05) is 6.92 Å². The van der Waals surface area contributed by atoms with Crippen LogP contribution in [0.4, 0.5) is 0 Å². The highest BCUT2D eigenvalue weighted by atomic mass is 15.4. The van der Waals surface area contributed by atoms with Gasteiger partial charge in [-0.2, -0.15) is 0 Å². The molecule has 0 saturated carbocycles. The fourth-order valence-corrected chi connectivity index (χ4v) is 2.78. The van der Waals surface area contributed by atoms with Crippen LogP contribution in [0.25, 0.3) is 0 Å². The molecule has 1 fully saturated rings. The molecule has 0 amide bonds. The lowest BCUT2D eigenvalue weighted by molar-refractivity contribution is 0.162. The second-order valence-corrected chi connectivity index (χ2v) is 5.21. The molecule has 1 aromatic rings. The van der Waals surface area contributed by atoms with E-state index in [1.165, 1.54) is 38.9 Å². The van der Waals surface area contributed by atoms with E-state index in [1.54, 1.807) is 0 Å². The standard InChI is InChI=1S/C14H25N3/c1-3-8-16-9-6-7-14(12-16)13(2)15-17-10-4-5-11-17/h4-5,10-11,13-15H,3,6-9,12H2,1-2H3. The van der Waals surface area contributed by atoms with Crippen molar-refractivity contribution in [2.24, 2.45) is 5.92 Å². The SMILES string of the molecule is CCCN1CCCC(C(C)Nn2cccc2)C1. The van der Waals surface area contributed by atoms with Gasteiger partial charge >= 0.3 is 0 Å². The topological polar surface area (TPSA) is 20.2 Å². The van der Waals surface area contributed by atoms with Crippen molar-refractivity contribution in [1.29, 1.82) is 0 Å². The Kier molecular flexibility index (Phi) is 4.49. The Bertz CT molecular complexity index is 305. The fraction of sp³-hybridized carbons (Fsp3) is 0.714. The first-order valence-corrected chi connectivity index (χ1v) is 6.91. The largest absolute Gasteiger partial charge is 0.323 e. The van der Waals surface area contributed by atoms with Crippen LogP contribution in [-0.2, 0) is 0 Å². The van der Waals surface area contributed by atoms with Crippen LogP contribution < -0.4 is 5.43 Å². The van der Waals surface area contributed by atoms with Gasteiger partial charge in [0, 0.05) is 25.0 Å². The molecular weight excluding hydrogens is 210 g/mol. The van der Waals surface area contributed by atoms with Crippen LogP contribution in [0.1, 0.15) is 33.1 Å². The Balaban J connectivity index is 1.84. The predicted octanol–water partition coefficient (Wildman–Crippen LogP) is 2.54. The van der Waals surface area contributed by atoms with Gasteiger partial charge in [0.1, 0.15) is 0 Å². The van der Waals surface area contributed by atoms with E-state index >= 15 is 0 Å². The summed E-state index contributed by atoms with van der Waals surface area (Å²) in [7, 11) is 0. The first-order chi connectivity index (χ1) is 8.29. The Morgan fingerprint density at radius 1 is 1.35 bits per heavy atom. The molecular formula is C14H25N3. The third-order valence-electron chi connectivity index (χ3n) is 3.75. The van der Waals surface area contributed by atoms with Crippen LogP contribution in [0.5, 0.6) is 0 Å². The zero-order valence-electron chi connectivity index (χ0n) is 11.1. The summed E-state index contributed by atoms with van der Waals surface area (Å²) in [6.07, 6.45) is 8.12. The van der Waals surface area contributed by atoms with E-state index in [1.807, 2.05) is 0 Å². The highest BCUT2D eigenvalue weighted by Crippen LogP contribution is 2.20. The van der Waals surface area contributed by atoms with Crippen LogP contribution in [0.2, 0.25) is 0 Å². The highest BCUT2D eigenvalue weighted by Gasteiger charge is 2.24. The number of hydrogen-bond donors (Lipinski definition) is 1. The lowest BCUT2D eigenvalue weighted by atomic mass is 9.92. The summed E-state index contributed by atoms with van der Waals surface area (Å²) in [5.41, 5.74) is 3.54. The highest BCUT2D eigenvalue weighted by molar-refractivity contribution is 4.96. The molecule has 1 aromatic heterocycles. The van der Waals surface area contributed by atoms with Crippen LogP contribution in [0.3, 0.4) is 0 Å². The van der Waals surface area contributed by atoms with Gasteiger partial charge < -0.3 is 10.3 Å². The Morgan fingerprint density at radius 3 is 2.82 bits per heavy atom. The van der Waals surface area contributed by atoms with Crippen LogP contribution in [0, 0.1) is 5.92 Å². The second kappa shape index (κ2) is 6.10. The van der Waals surface area contributed by atoms with Gasteiger partial charge in [0.05, 0.1) is 0 Å². The molecule has 3 heteroatoms. The summed E-state index contributed by atoms with van der Waals surface area (Å²) in [5, 5.41) is 0. The van der Waals surface area contributed by atoms with Gasteiger partial charge in [-0.3, -0.25) is 4.68 Å². The normalized spacial score (nSPS) is 23.5. The van der Waals surface area contributed by atoms with Gasteiger partial charge in [0.2, 0.25) is 0 Å². The minimum atomic E-state index is 0.544. The van der Waals surface area contributed by atoms with Gasteiger partial charge in [-0.05, 0) is 57.3 Å². The maximum Gasteiger partial charge on any atom is 0.0436 e. The second-order valence-electron chi connectivity index (χ2n) is 5.21. The number of aromatic nitrogens is 1. The van der Waals surface area contributed by atoms with Crippen molar-refractivity contribution in [2.75, 3.05) is 25.1 Å². The zero-order valence-corrected chi connectivity index (χ0v) is 11.1. The Hall–Kier alpha value is -0.960. The summed E-state index contributed by atoms with van der Waals surface area (Å²) in [5.74, 6) is 0.776. The average Bonchev–Trinajstić information content (AvgIpc) is 2.83. The molecule has 3 nitrogen and oxygen atoms in total. The van der Waals surface area contributed by atoms with E-state index in [9.17, 15) is 0 Å². The molecule has 1 N–H and O–H groups in total. The van der Waals surface area contributed by atoms with E-state index in [0.29, 0.717) is 6.04 Å². The van der Waals surface area contributed by atoms with Crippen molar-refractivity contribution in [3.05, 3.63) is 24.5 Å². The van der Waals surface area contributed by atoms with Crippen LogP contribution in [0.15, 0.2) is 24.5 Å². The minimum absolute atomic E-state index is 0.544. The molecule has 2 unspecified atom stereocenters. The van der Waals surface area contributed by atoms with Gasteiger partial charge in [0.15, 0.2) is 0 Å². The number of hydrogen-bond acceptors (Lipinski definition) is 2. The average molecular weight is 235 g/mol. The number of piperidine rings is 1. The van der Waals surface area contributed by atoms with E-state index in [4.69, 9.17) is 0 Å². The van der Waals surface area contributed by atoms with E-state index in [2.05, 4.69) is 53.4 Å². The minimum Gasteiger partial charge on any atom is -0.323 e. The maximum atomic E-state index is 3.54. The first-order valence-electron chi connectivity index (χ1n) is 6.91. The first kappa shape index (κ1) is 12.5. The van der Waals surface area contributed by atoms with Crippen molar-refractivity contribution in [3.63, 3.8) is 0 Å². The van der Waals surface area contributed by atoms with Gasteiger partial charge in [0.25, 0.3) is 0 Å². The van der Waals surface area contributed by atoms with Crippen molar-refractivity contribution in [1.82, 2.24) is 9.58 Å². The van der Waals surface area contributed by atoms with E-state index < -0.39 is 0 Å². The summed E-state index contributed by atoms with van der Waals surface area (Å²) < 4.78 is 2.07. The summed E-state index contributed by atoms with van der Waals surface area (Å²) in [6, 6.07) is 4.66. The third-order valence-corrected chi connectivity index (χ3v) is 3.75. The van der Waals surface area contributed by atoms with E-state index in [-0.39, 0.29) is 0 Å². The maximum absolute atomic E-state index is 3.54. The molecule has 0 aromatic carbocycles. The van der Waals surface area contributed by atoms with Gasteiger partial charge in [-0.25, -0.2) is 0 Å². The molecule has 96 valence electrons. The molecule has 1 saturated heterocycles. The molecule has 2 rings (SSSR count). The Morgan fingerprint density at radius 2 is 2.12 bits per heavy atom. The predicted molar refractivity (Wildman–Crippen MR) is 72.7 cm³/mol. The van der Waals surface area contributed by atoms with Crippen molar-refractivity contribution in [3.8, 4) is 0 Å². The molecule has 17 heavy (non-hydrogen) atoms. The molecule has 1 aliphatic rings. The Labute approximate surface area is 105 Å². The smallest absolute Gasteiger partial charge is 0.0436 e. The fourth-order valence-electron chi connectivity index (χ4n) is 2.78. The number of nitrogens with one attached hydrogen (secondary N) is 1. The molecule has 0 bridgehead atoms. The number of rotatable bonds is 5. The molecule has 2 heterocycles. The van der Waals surface area contributed by atoms with Crippen LogP contribution >= 0.6 is 0 Å². The third kappa shape index (κ3) is 3.50. The summed E-state index contributed by atoms with van der Waals surface area (Å²) in [4.78, 5) is 2.61. The lowest BCUT2D eigenvalue weighted by Crippen LogP contribution is -2.43. The number of nitrogens with zero attached hydrogens (tertiary/aromatic N) is 2. The summed E-state index contributed by atoms with van der Waals surface area (Å²) in [6.45, 7) is 8.38. The number of likely N-dealkylation sites (tertiary alicyclic amines) is 1. The quantitative estimate of drug-likeness (QED) is 0.846. The van der Waals surface area contributed by atoms with E-state index in [0.717, 1.165) is 5.92 Å². The monoisotopic (exact) mass is 235 g/mol. The molecule has 0 spiro atoms. The molecule has 1 aliphatic heterocycles. The lowest BCUT2D eigenvalue weighted by Gasteiger charge is -2.36. The zero-order chi connectivity index (χ0) is 12.1. The van der Waals surface area contributed by atoms with Crippen molar-refractivity contribution >= 4 is 0 Å². The van der Waals surface area contributed by atoms with Crippen molar-refractivity contribution in [2.45, 2.75) is 39.2 Å². The van der Waals surface area contributed by atoms with Gasteiger partial charge in [-0.15, -0.1) is 0 Å². The summed E-state index contributed by atoms with van der Waals surface area (Å²) >= 11 is 0. The molecule has 0 radical (unpaired) electrons. The molecule has 0 aliphatic carbocycles. The van der Waals surface area contributed by atoms with Crippen LogP contribution in [-0.4, -0.2) is 35.3 Å². The van der Waals surface area contributed by atoms with Crippen molar-refractivity contribution < 1.29 is 0 Å². The molecule has 2 atom stereocenters.